The summed E-state index contributed by atoms with van der Waals surface area (Å²) in [5.41, 5.74) is 2.12. The first-order chi connectivity index (χ1) is 13.5. The van der Waals surface area contributed by atoms with Crippen molar-refractivity contribution in [3.63, 3.8) is 0 Å². The Balaban J connectivity index is 1.85. The standard InChI is InChI=1S/C20H16BrClN2O2S2/c1-2-26-19(25)14-11-17(12-6-4-3-5-7-12)28-18(14)24-20(27)23-16-9-8-13(21)10-15(16)22/h3-11H,2H2,1H3,(H2,23,24,27). The van der Waals surface area contributed by atoms with E-state index in [1.807, 2.05) is 48.5 Å². The topological polar surface area (TPSA) is 50.4 Å². The molecule has 2 aromatic carbocycles. The average Bonchev–Trinajstić information content (AvgIpc) is 3.09. The van der Waals surface area contributed by atoms with Crippen LogP contribution in [0.5, 0.6) is 0 Å². The van der Waals surface area contributed by atoms with Gasteiger partial charge in [0.25, 0.3) is 0 Å². The van der Waals surface area contributed by atoms with Gasteiger partial charge in [-0.25, -0.2) is 4.79 Å². The molecule has 0 aliphatic heterocycles. The van der Waals surface area contributed by atoms with Crippen molar-refractivity contribution in [3.05, 3.63) is 69.7 Å². The molecule has 0 bridgehead atoms. The molecule has 0 saturated carbocycles. The third-order valence-electron chi connectivity index (χ3n) is 3.69. The number of nitrogens with one attached hydrogen (secondary N) is 2. The van der Waals surface area contributed by atoms with Crippen LogP contribution in [0.3, 0.4) is 0 Å². The molecule has 0 aliphatic carbocycles. The van der Waals surface area contributed by atoms with Crippen LogP contribution in [-0.4, -0.2) is 17.7 Å². The first-order valence-corrected chi connectivity index (χ1v) is 10.8. The van der Waals surface area contributed by atoms with E-state index in [0.717, 1.165) is 14.9 Å². The number of ether oxygens (including phenoxy) is 1. The molecule has 0 amide bonds. The summed E-state index contributed by atoms with van der Waals surface area (Å²) in [6.45, 7) is 2.07. The minimum atomic E-state index is -0.395. The van der Waals surface area contributed by atoms with Crippen LogP contribution in [0.25, 0.3) is 10.4 Å². The van der Waals surface area contributed by atoms with Crippen LogP contribution < -0.4 is 10.6 Å². The Morgan fingerprint density at radius 2 is 1.93 bits per heavy atom. The third kappa shape index (κ3) is 5.11. The van der Waals surface area contributed by atoms with Crippen LogP contribution in [0.15, 0.2) is 59.1 Å². The van der Waals surface area contributed by atoms with E-state index in [9.17, 15) is 4.79 Å². The summed E-state index contributed by atoms with van der Waals surface area (Å²) in [4.78, 5) is 13.3. The lowest BCUT2D eigenvalue weighted by Gasteiger charge is -2.12. The molecular weight excluding hydrogens is 480 g/mol. The van der Waals surface area contributed by atoms with Gasteiger partial charge in [0.1, 0.15) is 5.00 Å². The Morgan fingerprint density at radius 1 is 1.18 bits per heavy atom. The van der Waals surface area contributed by atoms with Crippen molar-refractivity contribution in [2.75, 3.05) is 17.2 Å². The van der Waals surface area contributed by atoms with Gasteiger partial charge in [0.15, 0.2) is 5.11 Å². The summed E-state index contributed by atoms with van der Waals surface area (Å²) in [6.07, 6.45) is 0. The van der Waals surface area contributed by atoms with Crippen LogP contribution in [0.2, 0.25) is 5.02 Å². The van der Waals surface area contributed by atoms with Crippen molar-refractivity contribution in [1.82, 2.24) is 0 Å². The fourth-order valence-electron chi connectivity index (χ4n) is 2.44. The van der Waals surface area contributed by atoms with Crippen LogP contribution in [-0.2, 0) is 4.74 Å². The molecule has 28 heavy (non-hydrogen) atoms. The van der Waals surface area contributed by atoms with Crippen molar-refractivity contribution >= 4 is 72.9 Å². The second kappa shape index (κ2) is 9.52. The highest BCUT2D eigenvalue weighted by molar-refractivity contribution is 9.10. The Bertz CT molecular complexity index is 1010. The van der Waals surface area contributed by atoms with Crippen molar-refractivity contribution in [1.29, 1.82) is 0 Å². The van der Waals surface area contributed by atoms with E-state index in [1.54, 1.807) is 13.0 Å². The second-order valence-electron chi connectivity index (χ2n) is 5.64. The summed E-state index contributed by atoms with van der Waals surface area (Å²) >= 11 is 16.4. The summed E-state index contributed by atoms with van der Waals surface area (Å²) in [5, 5.41) is 7.62. The van der Waals surface area contributed by atoms with Crippen molar-refractivity contribution in [2.24, 2.45) is 0 Å². The lowest BCUT2D eigenvalue weighted by atomic mass is 10.1. The molecule has 0 spiro atoms. The first-order valence-electron chi connectivity index (χ1n) is 8.37. The minimum Gasteiger partial charge on any atom is -0.462 e. The molecule has 0 unspecified atom stereocenters. The third-order valence-corrected chi connectivity index (χ3v) is 5.80. The van der Waals surface area contributed by atoms with Crippen molar-refractivity contribution in [3.8, 4) is 10.4 Å². The number of esters is 1. The fraction of sp³-hybridized carbons (Fsp3) is 0.100. The normalized spacial score (nSPS) is 10.4. The van der Waals surface area contributed by atoms with Crippen molar-refractivity contribution < 1.29 is 9.53 Å². The molecule has 1 heterocycles. The predicted octanol–water partition coefficient (Wildman–Crippen LogP) is 6.82. The first kappa shape index (κ1) is 20.8. The van der Waals surface area contributed by atoms with Gasteiger partial charge in [0.2, 0.25) is 0 Å². The van der Waals surface area contributed by atoms with E-state index in [4.69, 9.17) is 28.6 Å². The van der Waals surface area contributed by atoms with Gasteiger partial charge in [-0.05, 0) is 49.0 Å². The zero-order valence-corrected chi connectivity index (χ0v) is 18.8. The molecule has 0 saturated heterocycles. The number of carbonyl (C=O) groups excluding carboxylic acids is 1. The van der Waals surface area contributed by atoms with E-state index in [0.29, 0.717) is 33.0 Å². The molecule has 1 aromatic heterocycles. The largest absolute Gasteiger partial charge is 0.462 e. The number of carbonyl (C=O) groups is 1. The predicted molar refractivity (Wildman–Crippen MR) is 125 cm³/mol. The van der Waals surface area contributed by atoms with E-state index >= 15 is 0 Å². The number of thiophene rings is 1. The van der Waals surface area contributed by atoms with Gasteiger partial charge in [-0.2, -0.15) is 0 Å². The minimum absolute atomic E-state index is 0.298. The monoisotopic (exact) mass is 494 g/mol. The van der Waals surface area contributed by atoms with E-state index in [2.05, 4.69) is 26.6 Å². The number of hydrogen-bond acceptors (Lipinski definition) is 4. The number of rotatable bonds is 5. The molecule has 0 fully saturated rings. The molecule has 144 valence electrons. The SMILES string of the molecule is CCOC(=O)c1cc(-c2ccccc2)sc1NC(=S)Nc1ccc(Br)cc1Cl. The van der Waals surface area contributed by atoms with Crippen LogP contribution in [0.4, 0.5) is 10.7 Å². The van der Waals surface area contributed by atoms with Gasteiger partial charge in [-0.3, -0.25) is 0 Å². The van der Waals surface area contributed by atoms with Crippen LogP contribution in [0.1, 0.15) is 17.3 Å². The zero-order chi connectivity index (χ0) is 20.1. The van der Waals surface area contributed by atoms with Crippen LogP contribution in [0, 0.1) is 0 Å². The summed E-state index contributed by atoms with van der Waals surface area (Å²) in [5.74, 6) is -0.395. The van der Waals surface area contributed by atoms with E-state index in [-0.39, 0.29) is 0 Å². The average molecular weight is 496 g/mol. The molecule has 3 rings (SSSR count). The smallest absolute Gasteiger partial charge is 0.341 e. The number of hydrogen-bond donors (Lipinski definition) is 2. The number of thiocarbonyl (C=S) groups is 1. The summed E-state index contributed by atoms with van der Waals surface area (Å²) in [6, 6.07) is 17.1. The highest BCUT2D eigenvalue weighted by atomic mass is 79.9. The zero-order valence-electron chi connectivity index (χ0n) is 14.8. The van der Waals surface area contributed by atoms with Gasteiger partial charge in [-0.15, -0.1) is 11.3 Å². The van der Waals surface area contributed by atoms with Gasteiger partial charge >= 0.3 is 5.97 Å². The van der Waals surface area contributed by atoms with Gasteiger partial charge in [-0.1, -0.05) is 57.9 Å². The lowest BCUT2D eigenvalue weighted by molar-refractivity contribution is 0.0528. The quantitative estimate of drug-likeness (QED) is 0.300. The molecular formula is C20H16BrClN2O2S2. The maximum absolute atomic E-state index is 12.4. The summed E-state index contributed by atoms with van der Waals surface area (Å²) in [7, 11) is 0. The fourth-order valence-corrected chi connectivity index (χ4v) is 4.49. The highest BCUT2D eigenvalue weighted by Crippen LogP contribution is 2.36. The van der Waals surface area contributed by atoms with Crippen LogP contribution >= 0.6 is 51.1 Å². The number of halogens is 2. The van der Waals surface area contributed by atoms with Gasteiger partial charge < -0.3 is 15.4 Å². The van der Waals surface area contributed by atoms with E-state index < -0.39 is 5.97 Å². The Labute approximate surface area is 186 Å². The van der Waals surface area contributed by atoms with E-state index in [1.165, 1.54) is 11.3 Å². The lowest BCUT2D eigenvalue weighted by Crippen LogP contribution is -2.20. The molecule has 0 atom stereocenters. The molecule has 4 nitrogen and oxygen atoms in total. The maximum Gasteiger partial charge on any atom is 0.341 e. The molecule has 8 heteroatoms. The molecule has 0 aliphatic rings. The molecule has 3 aromatic rings. The summed E-state index contributed by atoms with van der Waals surface area (Å²) < 4.78 is 6.06. The van der Waals surface area contributed by atoms with Gasteiger partial charge in [0.05, 0.1) is 22.9 Å². The number of benzene rings is 2. The van der Waals surface area contributed by atoms with Crippen molar-refractivity contribution in [2.45, 2.75) is 6.92 Å². The highest BCUT2D eigenvalue weighted by Gasteiger charge is 2.19. The second-order valence-corrected chi connectivity index (χ2v) is 8.43. The van der Waals surface area contributed by atoms with Gasteiger partial charge in [0, 0.05) is 9.35 Å². The Hall–Kier alpha value is -1.93. The Kier molecular flexibility index (Phi) is 7.07. The molecule has 2 N–H and O–H groups in total. The number of anilines is 2. The maximum atomic E-state index is 12.4. The Morgan fingerprint density at radius 3 is 2.61 bits per heavy atom. The molecule has 0 radical (unpaired) electrons.